The highest BCUT2D eigenvalue weighted by Crippen LogP contribution is 2.29. The summed E-state index contributed by atoms with van der Waals surface area (Å²) in [6.07, 6.45) is 2.89. The van der Waals surface area contributed by atoms with E-state index >= 15 is 0 Å². The predicted molar refractivity (Wildman–Crippen MR) is 76.7 cm³/mol. The van der Waals surface area contributed by atoms with Gasteiger partial charge in [-0.05, 0) is 43.2 Å². The minimum atomic E-state index is 0.0408. The highest BCUT2D eigenvalue weighted by molar-refractivity contribution is 5.90. The fourth-order valence-corrected chi connectivity index (χ4v) is 2.32. The van der Waals surface area contributed by atoms with Gasteiger partial charge in [0.05, 0.1) is 0 Å². The van der Waals surface area contributed by atoms with Crippen molar-refractivity contribution in [3.05, 3.63) is 35.9 Å². The van der Waals surface area contributed by atoms with Crippen LogP contribution in [0.1, 0.15) is 25.8 Å². The molecule has 0 saturated heterocycles. The molecule has 1 aliphatic rings. The summed E-state index contributed by atoms with van der Waals surface area (Å²) in [6, 6.07) is 9.42. The molecule has 1 atom stereocenters. The summed E-state index contributed by atoms with van der Waals surface area (Å²) < 4.78 is 5.23. The zero-order chi connectivity index (χ0) is 14.5. The second-order valence-electron chi connectivity index (χ2n) is 4.78. The molecule has 104 valence electrons. The highest BCUT2D eigenvalue weighted by Gasteiger charge is 2.26. The van der Waals surface area contributed by atoms with Gasteiger partial charge in [-0.3, -0.25) is 4.79 Å². The molecule has 4 nitrogen and oxygen atoms in total. The van der Waals surface area contributed by atoms with Crippen molar-refractivity contribution in [3.8, 4) is 11.8 Å². The van der Waals surface area contributed by atoms with Crippen LogP contribution in [-0.2, 0) is 4.79 Å². The molecule has 1 unspecified atom stereocenters. The van der Waals surface area contributed by atoms with Crippen LogP contribution in [0.15, 0.2) is 30.3 Å². The lowest BCUT2D eigenvalue weighted by Crippen LogP contribution is -2.36. The van der Waals surface area contributed by atoms with Crippen molar-refractivity contribution >= 4 is 11.6 Å². The molecule has 1 aromatic carbocycles. The lowest BCUT2D eigenvalue weighted by Gasteiger charge is -2.31. The Labute approximate surface area is 119 Å². The van der Waals surface area contributed by atoms with E-state index in [0.29, 0.717) is 12.3 Å². The Morgan fingerprint density at radius 1 is 1.40 bits per heavy atom. The number of carbonyl (C=O) groups is 1. The van der Waals surface area contributed by atoms with Crippen LogP contribution in [0, 0.1) is 17.2 Å². The quantitative estimate of drug-likeness (QED) is 0.845. The van der Waals surface area contributed by atoms with Crippen LogP contribution in [0.3, 0.4) is 0 Å². The van der Waals surface area contributed by atoms with Gasteiger partial charge in [0, 0.05) is 18.2 Å². The molecule has 0 aliphatic carbocycles. The third-order valence-corrected chi connectivity index (χ3v) is 3.41. The molecule has 20 heavy (non-hydrogen) atoms. The van der Waals surface area contributed by atoms with Gasteiger partial charge in [-0.2, -0.15) is 5.26 Å². The van der Waals surface area contributed by atoms with Gasteiger partial charge < -0.3 is 9.64 Å². The number of hydrogen-bond acceptors (Lipinski definition) is 3. The molecule has 0 aromatic heterocycles. The van der Waals surface area contributed by atoms with Gasteiger partial charge in [-0.15, -0.1) is 0 Å². The van der Waals surface area contributed by atoms with Gasteiger partial charge >= 0.3 is 0 Å². The van der Waals surface area contributed by atoms with E-state index in [-0.39, 0.29) is 18.4 Å². The molecular formula is C16H18N2O2. The lowest BCUT2D eigenvalue weighted by molar-refractivity contribution is -0.131. The lowest BCUT2D eigenvalue weighted by atomic mass is 9.97. The van der Waals surface area contributed by atoms with E-state index < -0.39 is 0 Å². The van der Waals surface area contributed by atoms with E-state index in [4.69, 9.17) is 10.00 Å². The number of allylic oxidation sites excluding steroid dienone is 1. The minimum Gasteiger partial charge on any atom is -0.479 e. The molecule has 0 spiro atoms. The minimum absolute atomic E-state index is 0.0408. The topological polar surface area (TPSA) is 53.3 Å². The van der Waals surface area contributed by atoms with Crippen LogP contribution in [0.5, 0.6) is 5.75 Å². The first-order valence-corrected chi connectivity index (χ1v) is 6.79. The summed E-state index contributed by atoms with van der Waals surface area (Å²) in [4.78, 5) is 14.0. The molecule has 1 heterocycles. The van der Waals surface area contributed by atoms with E-state index in [1.165, 1.54) is 0 Å². The number of amides is 1. The van der Waals surface area contributed by atoms with Crippen LogP contribution >= 0.6 is 0 Å². The van der Waals surface area contributed by atoms with E-state index in [9.17, 15) is 4.79 Å². The molecule has 2 rings (SSSR count). The number of nitrogens with zero attached hydrogens (tertiary/aromatic N) is 2. The highest BCUT2D eigenvalue weighted by atomic mass is 16.5. The average molecular weight is 270 g/mol. The maximum atomic E-state index is 12.2. The molecule has 0 N–H and O–H groups in total. The molecule has 0 saturated carbocycles. The SMILES string of the molecule is CCN1C(=O)C(C)CC=C1c1ccc(OCC#N)cc1. The van der Waals surface area contributed by atoms with Crippen LogP contribution in [0.2, 0.25) is 0 Å². The van der Waals surface area contributed by atoms with Gasteiger partial charge in [0.15, 0.2) is 6.61 Å². The second-order valence-corrected chi connectivity index (χ2v) is 4.78. The Kier molecular flexibility index (Phi) is 4.41. The molecular weight excluding hydrogens is 252 g/mol. The first kappa shape index (κ1) is 14.1. The first-order valence-electron chi connectivity index (χ1n) is 6.79. The number of ether oxygens (including phenoxy) is 1. The van der Waals surface area contributed by atoms with Crippen LogP contribution in [0.4, 0.5) is 0 Å². The number of carbonyl (C=O) groups excluding carboxylic acids is 1. The Hall–Kier alpha value is -2.28. The summed E-state index contributed by atoms with van der Waals surface area (Å²) in [6.45, 7) is 4.64. The Morgan fingerprint density at radius 3 is 2.70 bits per heavy atom. The van der Waals surface area contributed by atoms with Crippen molar-refractivity contribution in [2.75, 3.05) is 13.2 Å². The number of benzene rings is 1. The molecule has 1 aromatic rings. The smallest absolute Gasteiger partial charge is 0.230 e. The molecule has 0 radical (unpaired) electrons. The van der Waals surface area contributed by atoms with Gasteiger partial charge in [0.25, 0.3) is 0 Å². The van der Waals surface area contributed by atoms with E-state index in [0.717, 1.165) is 17.7 Å². The summed E-state index contributed by atoms with van der Waals surface area (Å²) in [5.41, 5.74) is 1.96. The molecule has 1 amide bonds. The van der Waals surface area contributed by atoms with Crippen molar-refractivity contribution in [2.24, 2.45) is 5.92 Å². The van der Waals surface area contributed by atoms with Crippen LogP contribution in [0.25, 0.3) is 5.70 Å². The maximum absolute atomic E-state index is 12.2. The van der Waals surface area contributed by atoms with Crippen molar-refractivity contribution in [1.82, 2.24) is 4.90 Å². The van der Waals surface area contributed by atoms with Crippen molar-refractivity contribution in [2.45, 2.75) is 20.3 Å². The van der Waals surface area contributed by atoms with Gasteiger partial charge in [-0.25, -0.2) is 0 Å². The monoisotopic (exact) mass is 270 g/mol. The first-order chi connectivity index (χ1) is 9.67. The van der Waals surface area contributed by atoms with Gasteiger partial charge in [-0.1, -0.05) is 13.0 Å². The number of hydrogen-bond donors (Lipinski definition) is 0. The maximum Gasteiger partial charge on any atom is 0.230 e. The summed E-state index contributed by atoms with van der Waals surface area (Å²) in [7, 11) is 0. The fourth-order valence-electron chi connectivity index (χ4n) is 2.32. The third kappa shape index (κ3) is 2.83. The Balaban J connectivity index is 2.22. The van der Waals surface area contributed by atoms with Crippen molar-refractivity contribution in [3.63, 3.8) is 0 Å². The second kappa shape index (κ2) is 6.25. The Bertz CT molecular complexity index is 555. The predicted octanol–water partition coefficient (Wildman–Crippen LogP) is 2.82. The Morgan fingerprint density at radius 2 is 2.10 bits per heavy atom. The van der Waals surface area contributed by atoms with Gasteiger partial charge in [0.2, 0.25) is 5.91 Å². The van der Waals surface area contributed by atoms with E-state index in [1.54, 1.807) is 0 Å². The van der Waals surface area contributed by atoms with Crippen molar-refractivity contribution < 1.29 is 9.53 Å². The van der Waals surface area contributed by atoms with Crippen LogP contribution in [-0.4, -0.2) is 24.0 Å². The van der Waals surface area contributed by atoms with E-state index in [1.807, 2.05) is 49.1 Å². The third-order valence-electron chi connectivity index (χ3n) is 3.41. The zero-order valence-corrected chi connectivity index (χ0v) is 11.8. The van der Waals surface area contributed by atoms with Crippen molar-refractivity contribution in [1.29, 1.82) is 5.26 Å². The van der Waals surface area contributed by atoms with E-state index in [2.05, 4.69) is 6.08 Å². The normalized spacial score (nSPS) is 18.4. The standard InChI is InChI=1S/C16H18N2O2/c1-3-18-15(9-4-12(2)16(18)19)13-5-7-14(8-6-13)20-11-10-17/h5-9,12H,3-4,11H2,1-2H3. The van der Waals surface area contributed by atoms with Crippen LogP contribution < -0.4 is 4.74 Å². The molecule has 0 bridgehead atoms. The summed E-state index contributed by atoms with van der Waals surface area (Å²) in [5.74, 6) is 0.890. The molecule has 4 heteroatoms. The average Bonchev–Trinajstić information content (AvgIpc) is 2.48. The van der Waals surface area contributed by atoms with Gasteiger partial charge in [0.1, 0.15) is 11.8 Å². The summed E-state index contributed by atoms with van der Waals surface area (Å²) in [5, 5.41) is 8.48. The molecule has 0 fully saturated rings. The largest absolute Gasteiger partial charge is 0.479 e. The zero-order valence-electron chi connectivity index (χ0n) is 11.8. The molecule has 1 aliphatic heterocycles. The summed E-state index contributed by atoms with van der Waals surface area (Å²) >= 11 is 0. The number of rotatable bonds is 4. The number of nitriles is 1. The fraction of sp³-hybridized carbons (Fsp3) is 0.375.